The molecular weight excluding hydrogens is 214 g/mol. The molecule has 0 aliphatic rings. The Morgan fingerprint density at radius 2 is 2.00 bits per heavy atom. The van der Waals surface area contributed by atoms with E-state index in [4.69, 9.17) is 12.2 Å². The zero-order chi connectivity index (χ0) is 11.9. The molecule has 2 nitrogen and oxygen atoms in total. The second-order valence-electron chi connectivity index (χ2n) is 3.08. The van der Waals surface area contributed by atoms with Crippen molar-refractivity contribution in [1.29, 1.82) is 0 Å². The highest BCUT2D eigenvalue weighted by Crippen LogP contribution is 2.22. The van der Waals surface area contributed by atoms with E-state index in [0.29, 0.717) is 12.8 Å². The van der Waals surface area contributed by atoms with Crippen LogP contribution >= 0.6 is 0 Å². The summed E-state index contributed by atoms with van der Waals surface area (Å²) in [6.45, 7) is -1.53. The minimum absolute atomic E-state index is 0.204. The van der Waals surface area contributed by atoms with E-state index >= 15 is 0 Å². The van der Waals surface area contributed by atoms with Crippen LogP contribution < -0.4 is 5.73 Å². The van der Waals surface area contributed by atoms with Crippen molar-refractivity contribution in [1.82, 2.24) is 0 Å². The molecule has 0 aromatic heterocycles. The molecule has 1 unspecified atom stereocenters. The van der Waals surface area contributed by atoms with Crippen molar-refractivity contribution >= 4 is 0 Å². The highest BCUT2D eigenvalue weighted by molar-refractivity contribution is 4.85. The van der Waals surface area contributed by atoms with E-state index in [-0.39, 0.29) is 6.61 Å². The summed E-state index contributed by atoms with van der Waals surface area (Å²) >= 11 is 0. The van der Waals surface area contributed by atoms with Gasteiger partial charge in [-0.05, 0) is 6.42 Å². The van der Waals surface area contributed by atoms with Crippen molar-refractivity contribution in [3.8, 4) is 12.3 Å². The average molecular weight is 227 g/mol. The van der Waals surface area contributed by atoms with Gasteiger partial charge in [-0.15, -0.1) is 12.3 Å². The summed E-state index contributed by atoms with van der Waals surface area (Å²) < 4.78 is 52.3. The largest absolute Gasteiger partial charge is 0.373 e. The predicted molar refractivity (Wildman–Crippen MR) is 47.8 cm³/mol. The van der Waals surface area contributed by atoms with Crippen molar-refractivity contribution < 1.29 is 22.3 Å². The van der Waals surface area contributed by atoms with Gasteiger partial charge in [-0.3, -0.25) is 0 Å². The first kappa shape index (κ1) is 14.2. The molecule has 0 saturated heterocycles. The Labute approximate surface area is 85.8 Å². The Balaban J connectivity index is 3.66. The van der Waals surface area contributed by atoms with Crippen molar-refractivity contribution in [3.05, 3.63) is 0 Å². The van der Waals surface area contributed by atoms with Gasteiger partial charge in [-0.25, -0.2) is 8.78 Å². The molecule has 0 saturated carbocycles. The SMILES string of the molecule is C#CCCC(N)COCC(F)(F)C(F)F. The molecule has 0 bridgehead atoms. The van der Waals surface area contributed by atoms with Crippen molar-refractivity contribution in [2.75, 3.05) is 13.2 Å². The molecule has 0 aromatic carbocycles. The molecule has 0 radical (unpaired) electrons. The van der Waals surface area contributed by atoms with Crippen molar-refractivity contribution in [2.24, 2.45) is 5.73 Å². The van der Waals surface area contributed by atoms with E-state index in [9.17, 15) is 17.6 Å². The molecule has 2 N–H and O–H groups in total. The average Bonchev–Trinajstić information content (AvgIpc) is 2.14. The van der Waals surface area contributed by atoms with Crippen molar-refractivity contribution in [2.45, 2.75) is 31.2 Å². The highest BCUT2D eigenvalue weighted by atomic mass is 19.3. The summed E-state index contributed by atoms with van der Waals surface area (Å²) in [7, 11) is 0. The smallest absolute Gasteiger partial charge is 0.330 e. The van der Waals surface area contributed by atoms with Gasteiger partial charge in [-0.2, -0.15) is 8.78 Å². The third-order valence-corrected chi connectivity index (χ3v) is 1.61. The fraction of sp³-hybridized carbons (Fsp3) is 0.778. The zero-order valence-electron chi connectivity index (χ0n) is 8.06. The van der Waals surface area contributed by atoms with E-state index in [2.05, 4.69) is 10.7 Å². The van der Waals surface area contributed by atoms with E-state index < -0.39 is 25.0 Å². The maximum atomic E-state index is 12.3. The Morgan fingerprint density at radius 1 is 1.40 bits per heavy atom. The summed E-state index contributed by atoms with van der Waals surface area (Å²) in [4.78, 5) is 0. The minimum atomic E-state index is -4.12. The summed E-state index contributed by atoms with van der Waals surface area (Å²) in [5.41, 5.74) is 5.41. The number of nitrogens with two attached hydrogens (primary N) is 1. The Kier molecular flexibility index (Phi) is 6.29. The standard InChI is InChI=1S/C9H13F4NO/c1-2-3-4-7(14)5-15-6-9(12,13)8(10)11/h1,7-8H,3-6,14H2. The summed E-state index contributed by atoms with van der Waals surface area (Å²) in [5, 5.41) is 0. The van der Waals surface area contributed by atoms with Crippen LogP contribution in [0, 0.1) is 12.3 Å². The van der Waals surface area contributed by atoms with E-state index in [1.54, 1.807) is 0 Å². The maximum absolute atomic E-state index is 12.3. The monoisotopic (exact) mass is 227 g/mol. The Bertz CT molecular complexity index is 215. The number of ether oxygens (including phenoxy) is 1. The van der Waals surface area contributed by atoms with Gasteiger partial charge in [0.25, 0.3) is 0 Å². The van der Waals surface area contributed by atoms with Gasteiger partial charge in [0, 0.05) is 12.5 Å². The molecule has 0 spiro atoms. The summed E-state index contributed by atoms with van der Waals surface area (Å²) in [6.07, 6.45) is 2.04. The van der Waals surface area contributed by atoms with Crippen LogP contribution in [0.1, 0.15) is 12.8 Å². The van der Waals surface area contributed by atoms with Crippen molar-refractivity contribution in [3.63, 3.8) is 0 Å². The van der Waals surface area contributed by atoms with Gasteiger partial charge in [-0.1, -0.05) is 0 Å². The minimum Gasteiger partial charge on any atom is -0.373 e. The second kappa shape index (κ2) is 6.64. The maximum Gasteiger partial charge on any atom is 0.330 e. The van der Waals surface area contributed by atoms with Crippen LogP contribution in [0.2, 0.25) is 0 Å². The molecule has 0 aliphatic heterocycles. The molecule has 15 heavy (non-hydrogen) atoms. The number of terminal acetylenes is 1. The van der Waals surface area contributed by atoms with E-state index in [1.807, 2.05) is 0 Å². The van der Waals surface area contributed by atoms with Crippen LogP contribution in [0.3, 0.4) is 0 Å². The third kappa shape index (κ3) is 6.31. The van der Waals surface area contributed by atoms with Gasteiger partial charge >= 0.3 is 12.3 Å². The summed E-state index contributed by atoms with van der Waals surface area (Å²) in [6, 6.07) is -0.505. The molecule has 6 heteroatoms. The molecule has 0 aliphatic carbocycles. The number of hydrogen-bond acceptors (Lipinski definition) is 2. The molecule has 0 heterocycles. The second-order valence-corrected chi connectivity index (χ2v) is 3.08. The van der Waals surface area contributed by atoms with Crippen LogP contribution in [-0.4, -0.2) is 31.6 Å². The molecule has 0 rings (SSSR count). The van der Waals surface area contributed by atoms with Gasteiger partial charge in [0.1, 0.15) is 6.61 Å². The van der Waals surface area contributed by atoms with Crippen LogP contribution in [0.25, 0.3) is 0 Å². The van der Waals surface area contributed by atoms with E-state index in [0.717, 1.165) is 0 Å². The van der Waals surface area contributed by atoms with Gasteiger partial charge in [0.2, 0.25) is 0 Å². The van der Waals surface area contributed by atoms with Crippen LogP contribution in [0.15, 0.2) is 0 Å². The Morgan fingerprint density at radius 3 is 2.47 bits per heavy atom. The zero-order valence-corrected chi connectivity index (χ0v) is 8.06. The fourth-order valence-corrected chi connectivity index (χ4v) is 0.761. The van der Waals surface area contributed by atoms with Gasteiger partial charge in [0.15, 0.2) is 0 Å². The number of halogens is 4. The van der Waals surface area contributed by atoms with Crippen LogP contribution in [-0.2, 0) is 4.74 Å². The Hall–Kier alpha value is -0.800. The lowest BCUT2D eigenvalue weighted by atomic mass is 10.2. The molecular formula is C9H13F4NO. The third-order valence-electron chi connectivity index (χ3n) is 1.61. The van der Waals surface area contributed by atoms with Crippen LogP contribution in [0.4, 0.5) is 17.6 Å². The number of alkyl halides is 4. The molecule has 88 valence electrons. The predicted octanol–water partition coefficient (Wildman–Crippen LogP) is 1.64. The molecule has 0 aromatic rings. The van der Waals surface area contributed by atoms with Crippen LogP contribution in [0.5, 0.6) is 0 Å². The molecule has 0 amide bonds. The lowest BCUT2D eigenvalue weighted by molar-refractivity contribution is -0.166. The topological polar surface area (TPSA) is 35.2 Å². The lowest BCUT2D eigenvalue weighted by Crippen LogP contribution is -2.35. The molecule has 0 fully saturated rings. The molecule has 1 atom stereocenters. The number of hydrogen-bond donors (Lipinski definition) is 1. The first-order valence-electron chi connectivity index (χ1n) is 4.33. The highest BCUT2D eigenvalue weighted by Gasteiger charge is 2.40. The fourth-order valence-electron chi connectivity index (χ4n) is 0.761. The van der Waals surface area contributed by atoms with Gasteiger partial charge < -0.3 is 10.5 Å². The normalized spacial score (nSPS) is 13.9. The van der Waals surface area contributed by atoms with Gasteiger partial charge in [0.05, 0.1) is 6.61 Å². The number of rotatable bonds is 7. The first-order chi connectivity index (χ1) is 6.90. The quantitative estimate of drug-likeness (QED) is 0.530. The lowest BCUT2D eigenvalue weighted by Gasteiger charge is -2.17. The summed E-state index contributed by atoms with van der Waals surface area (Å²) in [5.74, 6) is -1.80. The first-order valence-corrected chi connectivity index (χ1v) is 4.33. The van der Waals surface area contributed by atoms with E-state index in [1.165, 1.54) is 0 Å².